The van der Waals surface area contributed by atoms with E-state index in [1.165, 1.54) is 0 Å². The average molecular weight is 258 g/mol. The minimum Gasteiger partial charge on any atom is -0.369 e. The van der Waals surface area contributed by atoms with E-state index in [9.17, 15) is 4.79 Å². The van der Waals surface area contributed by atoms with E-state index in [1.807, 2.05) is 13.0 Å². The number of nitrogens with one attached hydrogen (secondary N) is 2. The number of anilines is 1. The lowest BCUT2D eigenvalue weighted by Crippen LogP contribution is -2.56. The molecule has 1 aromatic carbocycles. The Morgan fingerprint density at radius 2 is 2.16 bits per heavy atom. The average Bonchev–Trinajstić information content (AvgIpc) is 2.65. The van der Waals surface area contributed by atoms with Crippen LogP contribution in [0.2, 0.25) is 0 Å². The summed E-state index contributed by atoms with van der Waals surface area (Å²) < 4.78 is 0. The number of aryl methyl sites for hydroxylation is 1. The molecular formula is C14H18N4O. The lowest BCUT2D eigenvalue weighted by molar-refractivity contribution is 0.100. The molecule has 2 aromatic rings. The first kappa shape index (κ1) is 12.0. The molecule has 0 unspecified atom stereocenters. The molecule has 1 saturated heterocycles. The minimum absolute atomic E-state index is 0.397. The Hall–Kier alpha value is -2.01. The summed E-state index contributed by atoms with van der Waals surface area (Å²) >= 11 is 0. The largest absolute Gasteiger partial charge is 0.369 e. The summed E-state index contributed by atoms with van der Waals surface area (Å²) in [6.07, 6.45) is 0. The monoisotopic (exact) mass is 258 g/mol. The van der Waals surface area contributed by atoms with Crippen LogP contribution < -0.4 is 16.0 Å². The van der Waals surface area contributed by atoms with E-state index < -0.39 is 5.91 Å². The fourth-order valence-electron chi connectivity index (χ4n) is 2.60. The Balaban J connectivity index is 2.15. The summed E-state index contributed by atoms with van der Waals surface area (Å²) in [5.41, 5.74) is 8.98. The number of carbonyl (C=O) groups is 1. The zero-order chi connectivity index (χ0) is 13.6. The van der Waals surface area contributed by atoms with Crippen LogP contribution in [0.25, 0.3) is 10.9 Å². The number of aromatic amines is 1. The summed E-state index contributed by atoms with van der Waals surface area (Å²) in [6.45, 7) is 3.98. The molecule has 19 heavy (non-hydrogen) atoms. The summed E-state index contributed by atoms with van der Waals surface area (Å²) in [4.78, 5) is 17.0. The number of nitrogens with zero attached hydrogens (tertiary/aromatic N) is 1. The molecule has 0 spiro atoms. The van der Waals surface area contributed by atoms with Crippen LogP contribution in [0, 0.1) is 6.92 Å². The molecule has 5 nitrogen and oxygen atoms in total. The molecule has 5 heteroatoms. The molecule has 0 radical (unpaired) electrons. The summed E-state index contributed by atoms with van der Waals surface area (Å²) in [6, 6.07) is 6.37. The number of carbonyl (C=O) groups excluding carboxylic acids is 1. The Bertz CT molecular complexity index is 642. The fraction of sp³-hybridized carbons (Fsp3) is 0.357. The maximum Gasteiger partial charge on any atom is 0.250 e. The molecule has 100 valence electrons. The molecule has 0 aliphatic carbocycles. The number of nitrogens with two attached hydrogens (primary N) is 1. The fourth-order valence-corrected chi connectivity index (χ4v) is 2.60. The van der Waals surface area contributed by atoms with Gasteiger partial charge < -0.3 is 20.9 Å². The number of benzene rings is 1. The lowest BCUT2D eigenvalue weighted by atomic mass is 10.1. The van der Waals surface area contributed by atoms with E-state index >= 15 is 0 Å². The van der Waals surface area contributed by atoms with Gasteiger partial charge in [-0.25, -0.2) is 0 Å². The van der Waals surface area contributed by atoms with E-state index in [-0.39, 0.29) is 0 Å². The molecule has 3 rings (SSSR count). The van der Waals surface area contributed by atoms with Crippen molar-refractivity contribution in [2.45, 2.75) is 13.0 Å². The van der Waals surface area contributed by atoms with Crippen LogP contribution in [0.4, 0.5) is 5.69 Å². The second kappa shape index (κ2) is 4.28. The first-order valence-corrected chi connectivity index (χ1v) is 6.43. The van der Waals surface area contributed by atoms with Crippen molar-refractivity contribution in [1.82, 2.24) is 10.3 Å². The Labute approximate surface area is 111 Å². The highest BCUT2D eigenvalue weighted by molar-refractivity contribution is 6.08. The molecule has 1 aromatic heterocycles. The highest BCUT2D eigenvalue weighted by Crippen LogP contribution is 2.31. The molecule has 1 aliphatic heterocycles. The van der Waals surface area contributed by atoms with Crippen molar-refractivity contribution in [3.8, 4) is 0 Å². The predicted molar refractivity (Wildman–Crippen MR) is 76.6 cm³/mol. The molecular weight excluding hydrogens is 240 g/mol. The van der Waals surface area contributed by atoms with E-state index in [1.54, 1.807) is 6.07 Å². The number of aromatic nitrogens is 1. The van der Waals surface area contributed by atoms with Crippen LogP contribution in [0.15, 0.2) is 18.2 Å². The number of likely N-dealkylation sites (N-methyl/N-ethyl adjacent to an activating group) is 1. The lowest BCUT2D eigenvalue weighted by Gasteiger charge is -2.37. The number of hydrogen-bond acceptors (Lipinski definition) is 3. The molecule has 1 fully saturated rings. The Kier molecular flexibility index (Phi) is 2.71. The second-order valence-corrected chi connectivity index (χ2v) is 5.16. The van der Waals surface area contributed by atoms with Gasteiger partial charge in [-0.2, -0.15) is 0 Å². The van der Waals surface area contributed by atoms with Gasteiger partial charge in [0.25, 0.3) is 5.91 Å². The Morgan fingerprint density at radius 1 is 1.42 bits per heavy atom. The highest BCUT2D eigenvalue weighted by atomic mass is 16.1. The predicted octanol–water partition coefficient (Wildman–Crippen LogP) is 0.983. The number of amides is 1. The number of H-pyrrole nitrogens is 1. The van der Waals surface area contributed by atoms with Crippen LogP contribution >= 0.6 is 0 Å². The van der Waals surface area contributed by atoms with Gasteiger partial charge in [0, 0.05) is 36.9 Å². The van der Waals surface area contributed by atoms with Crippen molar-refractivity contribution >= 4 is 22.5 Å². The van der Waals surface area contributed by atoms with Crippen molar-refractivity contribution in [2.75, 3.05) is 25.0 Å². The van der Waals surface area contributed by atoms with Crippen molar-refractivity contribution in [3.05, 3.63) is 29.5 Å². The highest BCUT2D eigenvalue weighted by Gasteiger charge is 2.24. The SMILES string of the molecule is Cc1cc2c(N(C)C3CNC3)ccc(C(N)=O)c2[nH]1. The third-order valence-electron chi connectivity index (χ3n) is 3.86. The van der Waals surface area contributed by atoms with E-state index in [4.69, 9.17) is 5.73 Å². The van der Waals surface area contributed by atoms with Crippen molar-refractivity contribution in [3.63, 3.8) is 0 Å². The van der Waals surface area contributed by atoms with E-state index in [2.05, 4.69) is 28.3 Å². The first-order valence-electron chi connectivity index (χ1n) is 6.43. The van der Waals surface area contributed by atoms with Gasteiger partial charge in [-0.15, -0.1) is 0 Å². The quantitative estimate of drug-likeness (QED) is 0.768. The van der Waals surface area contributed by atoms with Crippen molar-refractivity contribution in [1.29, 1.82) is 0 Å². The molecule has 2 heterocycles. The third-order valence-corrected chi connectivity index (χ3v) is 3.86. The van der Waals surface area contributed by atoms with Gasteiger partial charge in [0.05, 0.1) is 17.1 Å². The summed E-state index contributed by atoms with van der Waals surface area (Å²) in [7, 11) is 2.09. The van der Waals surface area contributed by atoms with Crippen molar-refractivity contribution < 1.29 is 4.79 Å². The van der Waals surface area contributed by atoms with Crippen LogP contribution in [-0.2, 0) is 0 Å². The van der Waals surface area contributed by atoms with Crippen molar-refractivity contribution in [2.24, 2.45) is 5.73 Å². The molecule has 1 amide bonds. The summed E-state index contributed by atoms with van der Waals surface area (Å²) in [5.74, 6) is -0.397. The van der Waals surface area contributed by atoms with Gasteiger partial charge in [-0.05, 0) is 25.1 Å². The zero-order valence-electron chi connectivity index (χ0n) is 11.2. The minimum atomic E-state index is -0.397. The van der Waals surface area contributed by atoms with Crippen LogP contribution in [-0.4, -0.2) is 37.1 Å². The van der Waals surface area contributed by atoms with Crippen LogP contribution in [0.3, 0.4) is 0 Å². The van der Waals surface area contributed by atoms with Gasteiger partial charge in [-0.3, -0.25) is 4.79 Å². The van der Waals surface area contributed by atoms with Gasteiger partial charge in [0.15, 0.2) is 0 Å². The summed E-state index contributed by atoms with van der Waals surface area (Å²) in [5, 5.41) is 4.33. The molecule has 1 aliphatic rings. The molecule has 0 bridgehead atoms. The zero-order valence-corrected chi connectivity index (χ0v) is 11.2. The standard InChI is InChI=1S/C14H18N4O/c1-8-5-11-12(18(2)9-6-16-7-9)4-3-10(14(15)19)13(11)17-8/h3-5,9,16-17H,6-7H2,1-2H3,(H2,15,19). The van der Waals surface area contributed by atoms with Crippen LogP contribution in [0.5, 0.6) is 0 Å². The maximum atomic E-state index is 11.5. The second-order valence-electron chi connectivity index (χ2n) is 5.16. The molecule has 0 atom stereocenters. The topological polar surface area (TPSA) is 74.2 Å². The maximum absolute atomic E-state index is 11.5. The van der Waals surface area contributed by atoms with Gasteiger partial charge in [0.1, 0.15) is 0 Å². The van der Waals surface area contributed by atoms with Gasteiger partial charge >= 0.3 is 0 Å². The number of primary amides is 1. The number of fused-ring (bicyclic) bond motifs is 1. The molecule has 0 saturated carbocycles. The first-order chi connectivity index (χ1) is 9.08. The normalized spacial score (nSPS) is 15.5. The van der Waals surface area contributed by atoms with E-state index in [0.717, 1.165) is 35.4 Å². The third kappa shape index (κ3) is 1.86. The van der Waals surface area contributed by atoms with Gasteiger partial charge in [-0.1, -0.05) is 0 Å². The van der Waals surface area contributed by atoms with Gasteiger partial charge in [0.2, 0.25) is 0 Å². The number of hydrogen-bond donors (Lipinski definition) is 3. The number of rotatable bonds is 3. The Morgan fingerprint density at radius 3 is 2.74 bits per heavy atom. The smallest absolute Gasteiger partial charge is 0.250 e. The molecule has 4 N–H and O–H groups in total. The van der Waals surface area contributed by atoms with E-state index in [0.29, 0.717) is 11.6 Å². The van der Waals surface area contributed by atoms with Crippen LogP contribution in [0.1, 0.15) is 16.1 Å².